The van der Waals surface area contributed by atoms with E-state index in [4.69, 9.17) is 21.8 Å². The Morgan fingerprint density at radius 3 is 1.55 bits per heavy atom. The Balaban J connectivity index is 0.000000160. The summed E-state index contributed by atoms with van der Waals surface area (Å²) < 4.78 is 28.5. The maximum Gasteiger partial charge on any atom is 0.354 e. The van der Waals surface area contributed by atoms with Crippen LogP contribution in [-0.4, -0.2) is 91.2 Å². The number of nitrogens with zero attached hydrogens (tertiary/aromatic N) is 7. The van der Waals surface area contributed by atoms with Crippen molar-refractivity contribution in [3.8, 4) is 11.4 Å². The van der Waals surface area contributed by atoms with E-state index in [9.17, 15) is 28.6 Å². The number of hydrogen-bond acceptors (Lipinski definition) is 8. The molecule has 4 fully saturated rings. The number of carboxylic acid groups (broad SMARTS) is 2. The van der Waals surface area contributed by atoms with Crippen LogP contribution < -0.4 is 10.2 Å². The number of piperidine rings is 2. The second-order valence-electron chi connectivity index (χ2n) is 16.5. The van der Waals surface area contributed by atoms with Crippen molar-refractivity contribution in [1.82, 2.24) is 34.8 Å². The fourth-order valence-corrected chi connectivity index (χ4v) is 8.77. The molecule has 2 aliphatic heterocycles. The van der Waals surface area contributed by atoms with Gasteiger partial charge in [-0.3, -0.25) is 8.78 Å². The predicted octanol–water partition coefficient (Wildman–Crippen LogP) is 9.99. The number of para-hydroxylation sites is 2. The van der Waals surface area contributed by atoms with Crippen LogP contribution in [0.5, 0.6) is 0 Å². The number of anilines is 1. The molecule has 2 saturated carbocycles. The standard InChI is InChI=1S/C23H25FN4O2.C17H14ClN3O2.C6H12FN.ClH/c24-14-15-9-11-27(12-10-15)19-13-18(23(29)30)25-22-20(19)21(16-5-4-6-16)26-28(22)17-7-2-1-3-8-17;18-12-9-13(17(22)23)19-16-14(12)15(10-5-4-6-10)20-21(16)11-7-2-1-3-8-11;7-5-6-1-3-8-4-2-6;/h1-3,7-8,13,15-16H,4-6,9-12,14H2,(H,29,30);1-3,7-10H,4-6H2,(H,22,23);6,8H,1-5H2;1H. The van der Waals surface area contributed by atoms with Gasteiger partial charge in [0, 0.05) is 24.9 Å². The molecule has 10 rings (SSSR count). The van der Waals surface area contributed by atoms with E-state index in [1.54, 1.807) is 15.4 Å². The number of carbonyl (C=O) groups is 2. The Labute approximate surface area is 370 Å². The Kier molecular flexibility index (Phi) is 14.7. The lowest BCUT2D eigenvalue weighted by Gasteiger charge is -2.33. The summed E-state index contributed by atoms with van der Waals surface area (Å²) in [6, 6.07) is 22.4. The molecule has 2 saturated heterocycles. The fourth-order valence-electron chi connectivity index (χ4n) is 8.49. The van der Waals surface area contributed by atoms with Crippen LogP contribution in [0.3, 0.4) is 0 Å². The number of alkyl halides is 2. The number of nitrogens with one attached hydrogen (secondary N) is 1. The summed E-state index contributed by atoms with van der Waals surface area (Å²) in [5, 5.41) is 33.9. The van der Waals surface area contributed by atoms with Crippen LogP contribution in [-0.2, 0) is 0 Å². The summed E-state index contributed by atoms with van der Waals surface area (Å²) in [7, 11) is 0. The minimum Gasteiger partial charge on any atom is -0.477 e. The van der Waals surface area contributed by atoms with Gasteiger partial charge < -0.3 is 20.4 Å². The van der Waals surface area contributed by atoms with Crippen LogP contribution in [0.1, 0.15) is 108 Å². The lowest BCUT2D eigenvalue weighted by Crippen LogP contribution is -2.34. The van der Waals surface area contributed by atoms with Gasteiger partial charge in [0.1, 0.15) is 0 Å². The van der Waals surface area contributed by atoms with E-state index in [0.717, 1.165) is 104 Å². The maximum atomic E-state index is 13.1. The molecule has 6 heterocycles. The third-order valence-electron chi connectivity index (χ3n) is 12.5. The summed E-state index contributed by atoms with van der Waals surface area (Å²) in [6.45, 7) is 3.03. The Hall–Kier alpha value is -5.18. The number of pyridine rings is 2. The topological polar surface area (TPSA) is 151 Å². The zero-order chi connectivity index (χ0) is 42.5. The van der Waals surface area contributed by atoms with Crippen molar-refractivity contribution in [3.05, 3.63) is 101 Å². The molecule has 16 heteroatoms. The van der Waals surface area contributed by atoms with E-state index in [1.165, 1.54) is 18.9 Å². The van der Waals surface area contributed by atoms with Gasteiger partial charge in [-0.25, -0.2) is 28.9 Å². The summed E-state index contributed by atoms with van der Waals surface area (Å²) in [5.74, 6) is -0.955. The summed E-state index contributed by atoms with van der Waals surface area (Å²) >= 11 is 6.38. The quantitative estimate of drug-likeness (QED) is 0.128. The molecule has 3 N–H and O–H groups in total. The molecular formula is C46H52Cl2F2N8O4. The number of hydrogen-bond donors (Lipinski definition) is 3. The first-order valence-corrected chi connectivity index (χ1v) is 21.8. The van der Waals surface area contributed by atoms with Crippen LogP contribution in [0.25, 0.3) is 33.4 Å². The van der Waals surface area contributed by atoms with E-state index in [-0.39, 0.29) is 43.1 Å². The van der Waals surface area contributed by atoms with Crippen LogP contribution in [0, 0.1) is 11.8 Å². The van der Waals surface area contributed by atoms with Gasteiger partial charge >= 0.3 is 11.9 Å². The summed E-state index contributed by atoms with van der Waals surface area (Å²) in [4.78, 5) is 34.2. The van der Waals surface area contributed by atoms with E-state index in [1.807, 2.05) is 60.7 Å². The van der Waals surface area contributed by atoms with Gasteiger partial charge in [0.25, 0.3) is 0 Å². The number of aromatic carboxylic acids is 2. The molecular weight excluding hydrogens is 837 g/mol. The molecule has 6 aromatic rings. The molecule has 2 aromatic carbocycles. The van der Waals surface area contributed by atoms with Crippen molar-refractivity contribution < 1.29 is 28.6 Å². The number of aromatic nitrogens is 6. The van der Waals surface area contributed by atoms with E-state index in [2.05, 4.69) is 20.2 Å². The highest BCUT2D eigenvalue weighted by molar-refractivity contribution is 6.35. The van der Waals surface area contributed by atoms with Gasteiger partial charge in [0.2, 0.25) is 0 Å². The molecule has 0 radical (unpaired) electrons. The molecule has 0 atom stereocenters. The molecule has 4 aliphatic rings. The molecule has 62 heavy (non-hydrogen) atoms. The van der Waals surface area contributed by atoms with Gasteiger partial charge in [-0.05, 0) is 113 Å². The molecule has 4 aromatic heterocycles. The highest BCUT2D eigenvalue weighted by Crippen LogP contribution is 2.44. The number of fused-ring (bicyclic) bond motifs is 2. The second kappa shape index (κ2) is 20.3. The van der Waals surface area contributed by atoms with Crippen molar-refractivity contribution in [2.45, 2.75) is 76.0 Å². The molecule has 0 amide bonds. The van der Waals surface area contributed by atoms with Gasteiger partial charge in [-0.2, -0.15) is 10.2 Å². The zero-order valence-electron chi connectivity index (χ0n) is 34.4. The van der Waals surface area contributed by atoms with Crippen molar-refractivity contribution in [1.29, 1.82) is 0 Å². The van der Waals surface area contributed by atoms with E-state index >= 15 is 0 Å². The minimum absolute atomic E-state index is 0. The lowest BCUT2D eigenvalue weighted by atomic mass is 9.82. The van der Waals surface area contributed by atoms with Crippen LogP contribution in [0.4, 0.5) is 14.5 Å². The molecule has 0 unspecified atom stereocenters. The predicted molar refractivity (Wildman–Crippen MR) is 240 cm³/mol. The number of carboxylic acids is 2. The Bertz CT molecular complexity index is 2470. The maximum absolute atomic E-state index is 13.1. The second-order valence-corrected chi connectivity index (χ2v) is 16.9. The van der Waals surface area contributed by atoms with Crippen molar-refractivity contribution in [2.75, 3.05) is 44.4 Å². The number of benzene rings is 2. The third-order valence-corrected chi connectivity index (χ3v) is 12.8. The largest absolute Gasteiger partial charge is 0.477 e. The van der Waals surface area contributed by atoms with E-state index in [0.29, 0.717) is 47.2 Å². The first kappa shape index (κ1) is 44.9. The molecule has 328 valence electrons. The first-order chi connectivity index (χ1) is 29.7. The third kappa shape index (κ3) is 9.57. The van der Waals surface area contributed by atoms with E-state index < -0.39 is 11.9 Å². The summed E-state index contributed by atoms with van der Waals surface area (Å²) in [5.41, 5.74) is 5.55. The van der Waals surface area contributed by atoms with Gasteiger partial charge in [-0.1, -0.05) is 60.8 Å². The smallest absolute Gasteiger partial charge is 0.354 e. The van der Waals surface area contributed by atoms with Crippen LogP contribution >= 0.6 is 24.0 Å². The minimum atomic E-state index is -1.10. The summed E-state index contributed by atoms with van der Waals surface area (Å²) in [6.07, 6.45) is 10.3. The van der Waals surface area contributed by atoms with Crippen molar-refractivity contribution in [3.63, 3.8) is 0 Å². The van der Waals surface area contributed by atoms with Gasteiger partial charge in [0.15, 0.2) is 22.7 Å². The monoisotopic (exact) mass is 888 g/mol. The highest BCUT2D eigenvalue weighted by Gasteiger charge is 2.32. The number of halogens is 4. The van der Waals surface area contributed by atoms with Crippen molar-refractivity contribution in [2.24, 2.45) is 11.8 Å². The van der Waals surface area contributed by atoms with Crippen molar-refractivity contribution >= 4 is 63.7 Å². The van der Waals surface area contributed by atoms with Crippen LogP contribution in [0.2, 0.25) is 5.02 Å². The average Bonchev–Trinajstić information content (AvgIpc) is 3.83. The molecule has 0 spiro atoms. The molecule has 12 nitrogen and oxygen atoms in total. The van der Waals surface area contributed by atoms with Gasteiger partial charge in [-0.15, -0.1) is 12.4 Å². The fraction of sp³-hybridized carbons (Fsp3) is 0.435. The SMILES string of the molecule is Cl.FCC1CCNCC1.O=C(O)c1cc(Cl)c2c(C3CCC3)nn(-c3ccccc3)c2n1.O=C(O)c1cc(N2CCC(CF)CC2)c2c(C3CCC3)nn(-c3ccccc3)c2n1. The normalized spacial score (nSPS) is 17.2. The molecule has 2 aliphatic carbocycles. The van der Waals surface area contributed by atoms with Gasteiger partial charge in [0.05, 0.1) is 57.6 Å². The first-order valence-electron chi connectivity index (χ1n) is 21.4. The Morgan fingerprint density at radius 2 is 1.11 bits per heavy atom. The highest BCUT2D eigenvalue weighted by atomic mass is 35.5. The lowest BCUT2D eigenvalue weighted by molar-refractivity contribution is 0.0680. The number of rotatable bonds is 9. The average molecular weight is 890 g/mol. The van der Waals surface area contributed by atoms with Crippen LogP contribution in [0.15, 0.2) is 72.8 Å². The molecule has 0 bridgehead atoms. The Morgan fingerprint density at radius 1 is 0.661 bits per heavy atom. The zero-order valence-corrected chi connectivity index (χ0v) is 36.0.